The van der Waals surface area contributed by atoms with Gasteiger partial charge in [0.25, 0.3) is 0 Å². The Kier molecular flexibility index (Phi) is 6.34. The molecule has 0 fully saturated rings. The van der Waals surface area contributed by atoms with Crippen LogP contribution in [0.2, 0.25) is 0 Å². The van der Waals surface area contributed by atoms with E-state index in [0.717, 1.165) is 88.0 Å². The number of para-hydroxylation sites is 3. The summed E-state index contributed by atoms with van der Waals surface area (Å²) < 4.78 is 49.6. The fourth-order valence-electron chi connectivity index (χ4n) is 8.54. The Balaban J connectivity index is 1.12. The minimum Gasteiger partial charge on any atom is -0.456 e. The van der Waals surface area contributed by atoms with Crippen LogP contribution in [-0.4, -0.2) is 9.55 Å². The highest BCUT2D eigenvalue weighted by molar-refractivity contribution is 6.22. The summed E-state index contributed by atoms with van der Waals surface area (Å²) in [7, 11) is 0. The third kappa shape index (κ3) is 5.16. The first-order chi connectivity index (χ1) is 29.6. The van der Waals surface area contributed by atoms with Crippen LogP contribution in [0.1, 0.15) is 19.5 Å². The summed E-state index contributed by atoms with van der Waals surface area (Å²) in [5.74, 6) is -0.160. The van der Waals surface area contributed by atoms with Crippen LogP contribution in [-0.2, 0) is 6.37 Å². The Labute approximate surface area is 331 Å². The Morgan fingerprint density at radius 2 is 1.05 bits per heavy atom. The fraction of sp³-hybridized carbons (Fsp3) is 0.0377. The molecule has 0 saturated heterocycles. The molecule has 264 valence electrons. The van der Waals surface area contributed by atoms with Crippen molar-refractivity contribution in [3.63, 3.8) is 0 Å². The zero-order valence-corrected chi connectivity index (χ0v) is 30.2. The van der Waals surface area contributed by atoms with Crippen LogP contribution in [0.5, 0.6) is 0 Å². The summed E-state index contributed by atoms with van der Waals surface area (Å²) >= 11 is 0. The van der Waals surface area contributed by atoms with Gasteiger partial charge in [-0.3, -0.25) is 4.57 Å². The quantitative estimate of drug-likeness (QED) is 0.160. The number of aryl methyl sites for hydroxylation is 1. The molecule has 0 radical (unpaired) electrons. The number of nitrogens with zero attached hydrogens (tertiary/aromatic N) is 2. The van der Waals surface area contributed by atoms with Gasteiger partial charge >= 0.3 is 0 Å². The average molecular weight is 722 g/mol. The van der Waals surface area contributed by atoms with Crippen LogP contribution in [0, 0.1) is 0 Å². The molecule has 11 rings (SSSR count). The van der Waals surface area contributed by atoms with Gasteiger partial charge in [-0.1, -0.05) is 140 Å². The first-order valence-corrected chi connectivity index (χ1v) is 18.8. The third-order valence-corrected chi connectivity index (χ3v) is 11.1. The molecule has 0 bridgehead atoms. The van der Waals surface area contributed by atoms with E-state index in [2.05, 4.69) is 126 Å². The van der Waals surface area contributed by atoms with E-state index in [1.807, 2.05) is 60.7 Å². The number of furan rings is 1. The summed E-state index contributed by atoms with van der Waals surface area (Å²) in [6.07, 6.45) is -2.70. The summed E-state index contributed by atoms with van der Waals surface area (Å²) in [5, 5.41) is 6.69. The fourth-order valence-corrected chi connectivity index (χ4v) is 8.54. The Bertz CT molecular complexity index is 3510. The van der Waals surface area contributed by atoms with Crippen molar-refractivity contribution in [2.45, 2.75) is 13.2 Å². The highest BCUT2D eigenvalue weighted by Gasteiger charge is 2.20. The van der Waals surface area contributed by atoms with E-state index >= 15 is 0 Å². The van der Waals surface area contributed by atoms with Crippen molar-refractivity contribution in [1.29, 1.82) is 0 Å². The van der Waals surface area contributed by atoms with Gasteiger partial charge in [0, 0.05) is 29.7 Å². The number of rotatable bonds is 6. The van der Waals surface area contributed by atoms with Gasteiger partial charge in [0.05, 0.1) is 11.0 Å². The maximum Gasteiger partial charge on any atom is 0.135 e. The van der Waals surface area contributed by atoms with Crippen LogP contribution in [0.4, 0.5) is 0 Å². The van der Waals surface area contributed by atoms with Gasteiger partial charge in [-0.05, 0) is 121 Å². The lowest BCUT2D eigenvalue weighted by molar-refractivity contribution is 0.669. The van der Waals surface area contributed by atoms with Crippen LogP contribution in [0.15, 0.2) is 192 Å². The molecular formula is C53H36N2O. The predicted octanol–water partition coefficient (Wildman–Crippen LogP) is 14.5. The molecular weight excluding hydrogens is 681 g/mol. The molecule has 11 aromatic rings. The van der Waals surface area contributed by atoms with Gasteiger partial charge < -0.3 is 4.42 Å². The van der Waals surface area contributed by atoms with E-state index in [-0.39, 0.29) is 5.82 Å². The smallest absolute Gasteiger partial charge is 0.135 e. The highest BCUT2D eigenvalue weighted by atomic mass is 16.3. The standard InChI is InChI=1S/C53H36N2O/c1-2-51-54-47-23-9-10-24-48(47)55(51)40-19-13-17-36(31-40)35-16-12-18-38(30-35)52-42-21-6-7-22-43(42)53(46-32-37(26-28-44(46)52)34-14-4-3-5-15-34)39-27-29-50-45(33-39)41-20-8-11-25-49(41)56-50/h3-33H,2H2,1H3/i1D3,2D2. The van der Waals surface area contributed by atoms with Crippen LogP contribution >= 0.6 is 0 Å². The minimum atomic E-state index is -2.93. The van der Waals surface area contributed by atoms with Crippen molar-refractivity contribution in [3.8, 4) is 50.2 Å². The van der Waals surface area contributed by atoms with Crippen molar-refractivity contribution >= 4 is 54.5 Å². The molecule has 2 aromatic heterocycles. The average Bonchev–Trinajstić information content (AvgIpc) is 3.87. The number of imidazole rings is 1. The van der Waals surface area contributed by atoms with Gasteiger partial charge in [0.15, 0.2) is 0 Å². The van der Waals surface area contributed by atoms with Crippen molar-refractivity contribution < 1.29 is 11.3 Å². The highest BCUT2D eigenvalue weighted by Crippen LogP contribution is 2.46. The second-order valence-corrected chi connectivity index (χ2v) is 14.2. The molecule has 0 aliphatic heterocycles. The molecule has 0 N–H and O–H groups in total. The van der Waals surface area contributed by atoms with Crippen molar-refractivity contribution in [2.75, 3.05) is 0 Å². The van der Waals surface area contributed by atoms with E-state index in [1.165, 1.54) is 0 Å². The topological polar surface area (TPSA) is 31.0 Å². The molecule has 0 unspecified atom stereocenters. The van der Waals surface area contributed by atoms with Crippen LogP contribution < -0.4 is 0 Å². The third-order valence-electron chi connectivity index (χ3n) is 11.1. The van der Waals surface area contributed by atoms with Gasteiger partial charge in [-0.25, -0.2) is 4.98 Å². The van der Waals surface area contributed by atoms with Gasteiger partial charge in [0.1, 0.15) is 17.0 Å². The zero-order valence-electron chi connectivity index (χ0n) is 35.2. The lowest BCUT2D eigenvalue weighted by Crippen LogP contribution is -2.00. The maximum absolute atomic E-state index is 8.72. The number of benzene rings is 9. The van der Waals surface area contributed by atoms with Crippen LogP contribution in [0.3, 0.4) is 0 Å². The second-order valence-electron chi connectivity index (χ2n) is 14.2. The second kappa shape index (κ2) is 13.0. The molecule has 0 spiro atoms. The zero-order chi connectivity index (χ0) is 41.5. The molecule has 0 aliphatic rings. The molecule has 0 aliphatic carbocycles. The van der Waals surface area contributed by atoms with Crippen molar-refractivity contribution in [1.82, 2.24) is 9.55 Å². The normalized spacial score (nSPS) is 13.5. The molecule has 0 amide bonds. The van der Waals surface area contributed by atoms with Gasteiger partial charge in [-0.2, -0.15) is 0 Å². The minimum absolute atomic E-state index is 0.160. The molecule has 9 aromatic carbocycles. The summed E-state index contributed by atoms with van der Waals surface area (Å²) in [4.78, 5) is 4.54. The van der Waals surface area contributed by atoms with Crippen molar-refractivity contribution in [3.05, 3.63) is 194 Å². The van der Waals surface area contributed by atoms with Gasteiger partial charge in [0.2, 0.25) is 0 Å². The predicted molar refractivity (Wildman–Crippen MR) is 234 cm³/mol. The Hall–Kier alpha value is -7.23. The van der Waals surface area contributed by atoms with E-state index in [1.54, 1.807) is 10.6 Å². The first-order valence-electron chi connectivity index (χ1n) is 21.3. The maximum atomic E-state index is 8.72. The number of hydrogen-bond donors (Lipinski definition) is 0. The largest absolute Gasteiger partial charge is 0.456 e. The SMILES string of the molecule is [2H]C([2H])([2H])C([2H])([2H])c1nc2ccccc2n1-c1cccc(-c2cccc(-c3c4ccccc4c(-c4ccc5oc6ccccc6c5c4)c4cc(-c5ccccc5)ccc34)c2)c1. The Morgan fingerprint density at radius 3 is 1.91 bits per heavy atom. The lowest BCUT2D eigenvalue weighted by Gasteiger charge is -2.19. The Morgan fingerprint density at radius 1 is 0.464 bits per heavy atom. The van der Waals surface area contributed by atoms with E-state index < -0.39 is 13.2 Å². The molecule has 0 saturated carbocycles. The summed E-state index contributed by atoms with van der Waals surface area (Å²) in [6.45, 7) is -2.93. The summed E-state index contributed by atoms with van der Waals surface area (Å²) in [6, 6.07) is 64.3. The lowest BCUT2D eigenvalue weighted by atomic mass is 9.84. The first kappa shape index (κ1) is 27.4. The van der Waals surface area contributed by atoms with Gasteiger partial charge in [-0.15, -0.1) is 0 Å². The number of fused-ring (bicyclic) bond motifs is 6. The summed E-state index contributed by atoms with van der Waals surface area (Å²) in [5.41, 5.74) is 12.1. The van der Waals surface area contributed by atoms with Crippen molar-refractivity contribution in [2.24, 2.45) is 0 Å². The molecule has 56 heavy (non-hydrogen) atoms. The van der Waals surface area contributed by atoms with E-state index in [4.69, 9.17) is 11.3 Å². The molecule has 2 heterocycles. The number of aromatic nitrogens is 2. The molecule has 3 heteroatoms. The monoisotopic (exact) mass is 721 g/mol. The van der Waals surface area contributed by atoms with Crippen LogP contribution in [0.25, 0.3) is 105 Å². The molecule has 3 nitrogen and oxygen atoms in total. The van der Waals surface area contributed by atoms with E-state index in [0.29, 0.717) is 16.7 Å². The molecule has 0 atom stereocenters. The van der Waals surface area contributed by atoms with E-state index in [9.17, 15) is 0 Å². The number of hydrogen-bond acceptors (Lipinski definition) is 2.